The summed E-state index contributed by atoms with van der Waals surface area (Å²) < 4.78 is 0. The van der Waals surface area contributed by atoms with Crippen LogP contribution < -0.4 is 4.90 Å². The third kappa shape index (κ3) is 5.38. The Morgan fingerprint density at radius 3 is 2.79 bits per heavy atom. The van der Waals surface area contributed by atoms with Gasteiger partial charge >= 0.3 is 0 Å². The highest BCUT2D eigenvalue weighted by Crippen LogP contribution is 2.30. The number of rotatable bonds is 5. The molecule has 1 saturated heterocycles. The lowest BCUT2D eigenvalue weighted by atomic mass is 9.87. The van der Waals surface area contributed by atoms with Gasteiger partial charge in [-0.2, -0.15) is 0 Å². The zero-order valence-corrected chi connectivity index (χ0v) is 21.0. The second-order valence-corrected chi connectivity index (χ2v) is 10.7. The van der Waals surface area contributed by atoms with Crippen LogP contribution in [0.15, 0.2) is 34.3 Å². The van der Waals surface area contributed by atoms with E-state index in [4.69, 9.17) is 4.98 Å². The number of anilines is 1. The van der Waals surface area contributed by atoms with Crippen molar-refractivity contribution < 1.29 is 4.79 Å². The molecule has 8 heteroatoms. The zero-order valence-electron chi connectivity index (χ0n) is 20.2. The van der Waals surface area contributed by atoms with Crippen molar-refractivity contribution in [3.05, 3.63) is 41.2 Å². The molecular formula is C25H34N6OS. The third-order valence-corrected chi connectivity index (χ3v) is 7.22. The first-order chi connectivity index (χ1) is 15.8. The summed E-state index contributed by atoms with van der Waals surface area (Å²) in [6.07, 6.45) is 5.62. The molecule has 0 N–H and O–H groups in total. The Morgan fingerprint density at radius 2 is 2.03 bits per heavy atom. The predicted molar refractivity (Wildman–Crippen MR) is 136 cm³/mol. The van der Waals surface area contributed by atoms with Crippen molar-refractivity contribution in [2.24, 2.45) is 10.4 Å². The summed E-state index contributed by atoms with van der Waals surface area (Å²) in [6.45, 7) is 13.5. The van der Waals surface area contributed by atoms with E-state index in [1.165, 1.54) is 5.56 Å². The van der Waals surface area contributed by atoms with E-state index in [2.05, 4.69) is 64.8 Å². The van der Waals surface area contributed by atoms with Crippen molar-refractivity contribution in [1.82, 2.24) is 19.8 Å². The number of amides is 1. The molecule has 1 aromatic carbocycles. The van der Waals surface area contributed by atoms with Gasteiger partial charge < -0.3 is 9.80 Å². The number of benzene rings is 1. The van der Waals surface area contributed by atoms with Crippen molar-refractivity contribution in [2.75, 3.05) is 50.9 Å². The van der Waals surface area contributed by atoms with Crippen LogP contribution in [0.4, 0.5) is 11.6 Å². The molecule has 33 heavy (non-hydrogen) atoms. The first kappa shape index (κ1) is 23.7. The number of carbonyl (C=O) groups excluding carboxylic acids is 1. The van der Waals surface area contributed by atoms with Crippen LogP contribution in [0.3, 0.4) is 0 Å². The van der Waals surface area contributed by atoms with Gasteiger partial charge in [0.25, 0.3) is 5.91 Å². The van der Waals surface area contributed by atoms with Crippen LogP contribution in [0.2, 0.25) is 0 Å². The minimum absolute atomic E-state index is 0.0121. The van der Waals surface area contributed by atoms with Crippen molar-refractivity contribution in [2.45, 2.75) is 38.1 Å². The van der Waals surface area contributed by atoms with E-state index in [0.717, 1.165) is 74.3 Å². The van der Waals surface area contributed by atoms with E-state index in [1.54, 1.807) is 22.9 Å². The van der Waals surface area contributed by atoms with Gasteiger partial charge in [-0.25, -0.2) is 9.97 Å². The Balaban J connectivity index is 1.47. The average Bonchev–Trinajstić information content (AvgIpc) is 3.07. The monoisotopic (exact) mass is 466 g/mol. The van der Waals surface area contributed by atoms with Crippen LogP contribution >= 0.6 is 11.8 Å². The minimum atomic E-state index is -0.0121. The quantitative estimate of drug-likeness (QED) is 0.492. The maximum atomic E-state index is 12.8. The van der Waals surface area contributed by atoms with E-state index in [9.17, 15) is 4.79 Å². The number of aliphatic imine (C=N–C) groups is 1. The van der Waals surface area contributed by atoms with Gasteiger partial charge in [0.15, 0.2) is 0 Å². The molecule has 0 atom stereocenters. The van der Waals surface area contributed by atoms with Crippen LogP contribution in [0.5, 0.6) is 0 Å². The van der Waals surface area contributed by atoms with Gasteiger partial charge in [-0.15, -0.1) is 11.8 Å². The average molecular weight is 467 g/mol. The van der Waals surface area contributed by atoms with Crippen LogP contribution in [0.25, 0.3) is 0 Å². The summed E-state index contributed by atoms with van der Waals surface area (Å²) in [5.74, 6) is 0.760. The van der Waals surface area contributed by atoms with E-state index < -0.39 is 0 Å². The topological polar surface area (TPSA) is 64.9 Å². The highest BCUT2D eigenvalue weighted by atomic mass is 32.2. The molecule has 4 rings (SSSR count). The molecule has 2 aliphatic heterocycles. The Kier molecular flexibility index (Phi) is 7.05. The van der Waals surface area contributed by atoms with Crippen LogP contribution in [0.1, 0.15) is 41.9 Å². The maximum Gasteiger partial charge on any atom is 0.257 e. The third-order valence-electron chi connectivity index (χ3n) is 6.43. The summed E-state index contributed by atoms with van der Waals surface area (Å²) >= 11 is 1.70. The van der Waals surface area contributed by atoms with Gasteiger partial charge in [-0.1, -0.05) is 19.9 Å². The Morgan fingerprint density at radius 1 is 1.21 bits per heavy atom. The molecule has 2 aliphatic rings. The molecule has 0 radical (unpaired) electrons. The van der Waals surface area contributed by atoms with Gasteiger partial charge in [-0.3, -0.25) is 14.7 Å². The van der Waals surface area contributed by atoms with Crippen molar-refractivity contribution in [1.29, 1.82) is 0 Å². The van der Waals surface area contributed by atoms with Crippen molar-refractivity contribution >= 4 is 36.0 Å². The first-order valence-electron chi connectivity index (χ1n) is 11.5. The van der Waals surface area contributed by atoms with Gasteiger partial charge in [0.2, 0.25) is 5.95 Å². The maximum absolute atomic E-state index is 12.8. The van der Waals surface area contributed by atoms with Gasteiger partial charge in [-0.05, 0) is 48.9 Å². The zero-order chi connectivity index (χ0) is 23.6. The van der Waals surface area contributed by atoms with Crippen LogP contribution in [0, 0.1) is 5.41 Å². The molecule has 176 valence electrons. The highest BCUT2D eigenvalue weighted by molar-refractivity contribution is 7.98. The molecule has 0 aliphatic carbocycles. The number of hydrogen-bond acceptors (Lipinski definition) is 7. The van der Waals surface area contributed by atoms with E-state index in [0.29, 0.717) is 5.56 Å². The smallest absolute Gasteiger partial charge is 0.257 e. The molecule has 1 amide bonds. The molecule has 0 spiro atoms. The summed E-state index contributed by atoms with van der Waals surface area (Å²) in [5.41, 5.74) is 3.72. The molecule has 7 nitrogen and oxygen atoms in total. The van der Waals surface area contributed by atoms with Crippen molar-refractivity contribution in [3.63, 3.8) is 0 Å². The summed E-state index contributed by atoms with van der Waals surface area (Å²) in [7, 11) is 1.86. The summed E-state index contributed by atoms with van der Waals surface area (Å²) in [6, 6.07) is 6.47. The SMILES string of the molecule is C=Nc1cc(CN2CCCN(c3ncc4c(n3)CC(C)(C)CN(C)C4=O)CC2)ccc1SC. The standard InChI is InChI=1S/C25H34N6OS/c1-25(2)14-21-19(23(32)29(4)17-25)15-27-24(28-21)31-10-6-9-30(11-12-31)16-18-7-8-22(33-5)20(13-18)26-3/h7-8,13,15H,3,6,9-12,14,16-17H2,1-2,4-5H3. The molecule has 3 heterocycles. The summed E-state index contributed by atoms with van der Waals surface area (Å²) in [5, 5.41) is 0. The van der Waals surface area contributed by atoms with E-state index in [-0.39, 0.29) is 11.3 Å². The fraction of sp³-hybridized carbons (Fsp3) is 0.520. The predicted octanol–water partition coefficient (Wildman–Crippen LogP) is 3.90. The fourth-order valence-electron chi connectivity index (χ4n) is 4.85. The van der Waals surface area contributed by atoms with E-state index in [1.807, 2.05) is 7.05 Å². The molecule has 1 aromatic heterocycles. The number of aromatic nitrogens is 2. The Bertz CT molecular complexity index is 1040. The lowest BCUT2D eigenvalue weighted by Crippen LogP contribution is -2.33. The Hall–Kier alpha value is -2.45. The second kappa shape index (κ2) is 9.81. The lowest BCUT2D eigenvalue weighted by molar-refractivity contribution is 0.0753. The van der Waals surface area contributed by atoms with Gasteiger partial charge in [0.1, 0.15) is 0 Å². The minimum Gasteiger partial charge on any atom is -0.341 e. The Labute approximate surface area is 201 Å². The van der Waals surface area contributed by atoms with Crippen LogP contribution in [-0.2, 0) is 13.0 Å². The fourth-order valence-corrected chi connectivity index (χ4v) is 5.38. The van der Waals surface area contributed by atoms with Crippen molar-refractivity contribution in [3.8, 4) is 0 Å². The van der Waals surface area contributed by atoms with Gasteiger partial charge in [0.05, 0.1) is 16.9 Å². The van der Waals surface area contributed by atoms with E-state index >= 15 is 0 Å². The number of thioether (sulfide) groups is 1. The molecule has 0 saturated carbocycles. The number of nitrogens with zero attached hydrogens (tertiary/aromatic N) is 6. The highest BCUT2D eigenvalue weighted by Gasteiger charge is 2.32. The first-order valence-corrected chi connectivity index (χ1v) is 12.7. The normalized spacial score (nSPS) is 19.1. The summed E-state index contributed by atoms with van der Waals surface area (Å²) in [4.78, 5) is 34.2. The number of hydrogen-bond donors (Lipinski definition) is 0. The molecule has 0 bridgehead atoms. The molecule has 0 unspecified atom stereocenters. The number of fused-ring (bicyclic) bond motifs is 1. The second-order valence-electron chi connectivity index (χ2n) is 9.81. The lowest BCUT2D eigenvalue weighted by Gasteiger charge is -2.26. The molecule has 2 aromatic rings. The molecule has 1 fully saturated rings. The largest absolute Gasteiger partial charge is 0.341 e. The van der Waals surface area contributed by atoms with Gasteiger partial charge in [0, 0.05) is 57.4 Å². The number of carbonyl (C=O) groups is 1. The molecular weight excluding hydrogens is 432 g/mol. The van der Waals surface area contributed by atoms with Crippen LogP contribution in [-0.4, -0.2) is 78.4 Å².